The van der Waals surface area contributed by atoms with Crippen molar-refractivity contribution in [3.8, 4) is 6.07 Å². The number of carbonyl (C=O) groups is 1. The maximum Gasteiger partial charge on any atom is 0.226 e. The van der Waals surface area contributed by atoms with Gasteiger partial charge in [-0.3, -0.25) is 9.69 Å². The van der Waals surface area contributed by atoms with E-state index >= 15 is 0 Å². The Bertz CT molecular complexity index is 663. The lowest BCUT2D eigenvalue weighted by Crippen LogP contribution is -2.41. The molecule has 1 fully saturated rings. The molecular formula is C20H29N3O2S. The predicted octanol–water partition coefficient (Wildman–Crippen LogP) is 3.45. The van der Waals surface area contributed by atoms with E-state index in [0.29, 0.717) is 18.0 Å². The van der Waals surface area contributed by atoms with Crippen LogP contribution in [0.5, 0.6) is 0 Å². The van der Waals surface area contributed by atoms with Gasteiger partial charge in [-0.05, 0) is 57.1 Å². The molecule has 0 saturated carbocycles. The molecule has 26 heavy (non-hydrogen) atoms. The summed E-state index contributed by atoms with van der Waals surface area (Å²) in [5, 5.41) is 22.6. The maximum atomic E-state index is 12.5. The van der Waals surface area contributed by atoms with Gasteiger partial charge < -0.3 is 10.4 Å². The van der Waals surface area contributed by atoms with Gasteiger partial charge in [-0.2, -0.15) is 5.26 Å². The Morgan fingerprint density at radius 2 is 2.12 bits per heavy atom. The quantitative estimate of drug-likeness (QED) is 0.747. The summed E-state index contributed by atoms with van der Waals surface area (Å²) in [4.78, 5) is 16.1. The molecule has 2 N–H and O–H groups in total. The van der Waals surface area contributed by atoms with E-state index in [2.05, 4.69) is 16.3 Å². The number of anilines is 1. The van der Waals surface area contributed by atoms with Crippen molar-refractivity contribution < 1.29 is 9.90 Å². The van der Waals surface area contributed by atoms with Gasteiger partial charge in [0.1, 0.15) is 11.1 Å². The Labute approximate surface area is 160 Å². The predicted molar refractivity (Wildman–Crippen MR) is 104 cm³/mol. The van der Waals surface area contributed by atoms with Crippen LogP contribution in [0.15, 0.2) is 0 Å². The number of aliphatic hydroxyl groups excluding tert-OH is 1. The standard InChI is InChI=1S/C20H29N3O2S/c21-14-17-16-7-2-1-3-8-18(16)26-20(17)22-19(25)9-12-23-11-5-4-6-15(23)10-13-24/h15,24H,1-13H2,(H,22,25). The molecule has 1 aromatic rings. The van der Waals surface area contributed by atoms with E-state index in [1.807, 2.05) is 0 Å². The van der Waals surface area contributed by atoms with E-state index in [9.17, 15) is 15.2 Å². The molecule has 1 atom stereocenters. The lowest BCUT2D eigenvalue weighted by Gasteiger charge is -2.35. The van der Waals surface area contributed by atoms with Crippen molar-refractivity contribution in [2.45, 2.75) is 70.3 Å². The van der Waals surface area contributed by atoms with Crippen molar-refractivity contribution in [3.63, 3.8) is 0 Å². The second kappa shape index (κ2) is 9.50. The Morgan fingerprint density at radius 3 is 2.92 bits per heavy atom. The number of aliphatic hydroxyl groups is 1. The summed E-state index contributed by atoms with van der Waals surface area (Å²) < 4.78 is 0. The van der Waals surface area contributed by atoms with Crippen LogP contribution in [-0.4, -0.2) is 41.7 Å². The minimum absolute atomic E-state index is 0.00812. The van der Waals surface area contributed by atoms with Crippen molar-refractivity contribution in [1.29, 1.82) is 5.26 Å². The highest BCUT2D eigenvalue weighted by atomic mass is 32.1. The molecule has 1 unspecified atom stereocenters. The fourth-order valence-electron chi connectivity index (χ4n) is 4.21. The average Bonchev–Trinajstić information content (AvgIpc) is 2.80. The van der Waals surface area contributed by atoms with Gasteiger partial charge in [0.15, 0.2) is 0 Å². The summed E-state index contributed by atoms with van der Waals surface area (Å²) in [6, 6.07) is 2.72. The molecule has 2 aliphatic rings. The SMILES string of the molecule is N#Cc1c(NC(=O)CCN2CCCCC2CCO)sc2c1CCCCC2. The molecular weight excluding hydrogens is 346 g/mol. The summed E-state index contributed by atoms with van der Waals surface area (Å²) >= 11 is 1.60. The van der Waals surface area contributed by atoms with Crippen LogP contribution in [0.3, 0.4) is 0 Å². The summed E-state index contributed by atoms with van der Waals surface area (Å²) in [5.74, 6) is -0.00812. The van der Waals surface area contributed by atoms with E-state index in [-0.39, 0.29) is 12.5 Å². The Balaban J connectivity index is 1.59. The van der Waals surface area contributed by atoms with Gasteiger partial charge in [-0.15, -0.1) is 11.3 Å². The number of nitrogens with zero attached hydrogens (tertiary/aromatic N) is 2. The van der Waals surface area contributed by atoms with Crippen molar-refractivity contribution >= 4 is 22.2 Å². The minimum atomic E-state index is -0.00812. The number of rotatable bonds is 6. The molecule has 0 radical (unpaired) electrons. The van der Waals surface area contributed by atoms with Crippen LogP contribution in [0.2, 0.25) is 0 Å². The van der Waals surface area contributed by atoms with Crippen molar-refractivity contribution in [1.82, 2.24) is 4.90 Å². The van der Waals surface area contributed by atoms with Gasteiger partial charge >= 0.3 is 0 Å². The molecule has 0 bridgehead atoms. The number of amides is 1. The summed E-state index contributed by atoms with van der Waals surface area (Å²) in [5.41, 5.74) is 1.86. The zero-order valence-electron chi connectivity index (χ0n) is 15.4. The van der Waals surface area contributed by atoms with Crippen molar-refractivity contribution in [2.24, 2.45) is 0 Å². The first kappa shape index (κ1) is 19.3. The molecule has 6 heteroatoms. The van der Waals surface area contributed by atoms with E-state index < -0.39 is 0 Å². The van der Waals surface area contributed by atoms with E-state index in [1.54, 1.807) is 11.3 Å². The number of nitriles is 1. The highest BCUT2D eigenvalue weighted by Crippen LogP contribution is 2.37. The van der Waals surface area contributed by atoms with Gasteiger partial charge in [0.2, 0.25) is 5.91 Å². The zero-order valence-corrected chi connectivity index (χ0v) is 16.2. The number of piperidine rings is 1. The van der Waals surface area contributed by atoms with Crippen LogP contribution in [0.4, 0.5) is 5.00 Å². The van der Waals surface area contributed by atoms with Crippen molar-refractivity contribution in [2.75, 3.05) is 25.0 Å². The average molecular weight is 376 g/mol. The fraction of sp³-hybridized carbons (Fsp3) is 0.700. The third-order valence-electron chi connectivity index (χ3n) is 5.62. The number of thiophene rings is 1. The summed E-state index contributed by atoms with van der Waals surface area (Å²) in [6.07, 6.45) is 10.2. The first-order chi connectivity index (χ1) is 12.7. The lowest BCUT2D eigenvalue weighted by molar-refractivity contribution is -0.116. The van der Waals surface area contributed by atoms with Crippen LogP contribution < -0.4 is 5.32 Å². The minimum Gasteiger partial charge on any atom is -0.396 e. The molecule has 1 aliphatic carbocycles. The number of hydrogen-bond acceptors (Lipinski definition) is 5. The number of likely N-dealkylation sites (tertiary alicyclic amines) is 1. The number of fused-ring (bicyclic) bond motifs is 1. The highest BCUT2D eigenvalue weighted by molar-refractivity contribution is 7.16. The molecule has 2 heterocycles. The van der Waals surface area contributed by atoms with Gasteiger partial charge in [0, 0.05) is 30.5 Å². The first-order valence-electron chi connectivity index (χ1n) is 9.92. The van der Waals surface area contributed by atoms with E-state index in [1.165, 1.54) is 36.1 Å². The van der Waals surface area contributed by atoms with E-state index in [0.717, 1.165) is 50.2 Å². The number of hydrogen-bond donors (Lipinski definition) is 2. The molecule has 1 aromatic heterocycles. The highest BCUT2D eigenvalue weighted by Gasteiger charge is 2.24. The van der Waals surface area contributed by atoms with Gasteiger partial charge in [0.25, 0.3) is 0 Å². The summed E-state index contributed by atoms with van der Waals surface area (Å²) in [6.45, 7) is 1.94. The molecule has 1 saturated heterocycles. The van der Waals surface area contributed by atoms with Gasteiger partial charge in [-0.25, -0.2) is 0 Å². The first-order valence-corrected chi connectivity index (χ1v) is 10.7. The van der Waals surface area contributed by atoms with Gasteiger partial charge in [-0.1, -0.05) is 12.8 Å². The topological polar surface area (TPSA) is 76.4 Å². The smallest absolute Gasteiger partial charge is 0.226 e. The molecule has 0 aromatic carbocycles. The number of carbonyl (C=O) groups excluding carboxylic acids is 1. The second-order valence-corrected chi connectivity index (χ2v) is 8.48. The van der Waals surface area contributed by atoms with E-state index in [4.69, 9.17) is 0 Å². The molecule has 0 spiro atoms. The Morgan fingerprint density at radius 1 is 1.27 bits per heavy atom. The van der Waals surface area contributed by atoms with Crippen molar-refractivity contribution in [3.05, 3.63) is 16.0 Å². The fourth-order valence-corrected chi connectivity index (χ4v) is 5.47. The third-order valence-corrected chi connectivity index (χ3v) is 6.83. The monoisotopic (exact) mass is 375 g/mol. The molecule has 1 aliphatic heterocycles. The summed E-state index contributed by atoms with van der Waals surface area (Å²) in [7, 11) is 0. The Kier molecular flexibility index (Phi) is 7.07. The van der Waals surface area contributed by atoms with Crippen LogP contribution in [0, 0.1) is 11.3 Å². The molecule has 5 nitrogen and oxygen atoms in total. The molecule has 142 valence electrons. The van der Waals surface area contributed by atoms with Crippen LogP contribution in [-0.2, 0) is 17.6 Å². The lowest BCUT2D eigenvalue weighted by atomic mass is 9.99. The number of aryl methyl sites for hydroxylation is 1. The second-order valence-electron chi connectivity index (χ2n) is 7.38. The number of nitrogens with one attached hydrogen (secondary N) is 1. The largest absolute Gasteiger partial charge is 0.396 e. The van der Waals surface area contributed by atoms with Crippen LogP contribution >= 0.6 is 11.3 Å². The third kappa shape index (κ3) is 4.64. The van der Waals surface area contributed by atoms with Crippen LogP contribution in [0.25, 0.3) is 0 Å². The molecule has 3 rings (SSSR count). The maximum absolute atomic E-state index is 12.5. The van der Waals surface area contributed by atoms with Gasteiger partial charge in [0.05, 0.1) is 5.56 Å². The molecule has 1 amide bonds. The zero-order chi connectivity index (χ0) is 18.4. The normalized spacial score (nSPS) is 20.8. The Hall–Kier alpha value is -1.42. The van der Waals surface area contributed by atoms with Crippen LogP contribution in [0.1, 0.15) is 67.4 Å².